The van der Waals surface area contributed by atoms with Crippen molar-refractivity contribution < 1.29 is 4.79 Å². The highest BCUT2D eigenvalue weighted by Gasteiger charge is 2.21. The molecule has 0 aromatic heterocycles. The number of carbonyl (C=O) groups is 1. The van der Waals surface area contributed by atoms with Crippen molar-refractivity contribution in [2.24, 2.45) is 0 Å². The molecule has 0 radical (unpaired) electrons. The van der Waals surface area contributed by atoms with Gasteiger partial charge in [0.25, 0.3) is 5.91 Å². The van der Waals surface area contributed by atoms with E-state index in [2.05, 4.69) is 43.1 Å². The lowest BCUT2D eigenvalue weighted by Gasteiger charge is -2.32. The summed E-state index contributed by atoms with van der Waals surface area (Å²) in [5.41, 5.74) is 2.01. The maximum absolute atomic E-state index is 12.6. The first-order valence-electron chi connectivity index (χ1n) is 8.53. The van der Waals surface area contributed by atoms with Crippen molar-refractivity contribution in [3.63, 3.8) is 0 Å². The Morgan fingerprint density at radius 2 is 2.05 bits per heavy atom. The molecule has 1 aliphatic rings. The van der Waals surface area contributed by atoms with Gasteiger partial charge in [0.05, 0.1) is 0 Å². The molecule has 1 fully saturated rings. The number of rotatable bonds is 6. The predicted molar refractivity (Wildman–Crippen MR) is 92.6 cm³/mol. The Balaban J connectivity index is 2.02. The number of hydrogen-bond donors (Lipinski definition) is 1. The second kappa shape index (κ2) is 8.18. The fraction of sp³-hybridized carbons (Fsp3) is 0.611. The van der Waals surface area contributed by atoms with Gasteiger partial charge in [-0.05, 0) is 44.5 Å². The Bertz CT molecular complexity index is 472. The molecule has 0 spiro atoms. The first-order chi connectivity index (χ1) is 10.7. The number of nitrogens with one attached hydrogen (secondary N) is 1. The van der Waals surface area contributed by atoms with Crippen LogP contribution in [0.15, 0.2) is 24.3 Å². The lowest BCUT2D eigenvalue weighted by molar-refractivity contribution is 0.0709. The first-order valence-corrected chi connectivity index (χ1v) is 8.53. The average Bonchev–Trinajstić information content (AvgIpc) is 2.55. The normalized spacial score (nSPS) is 18.3. The Kier molecular flexibility index (Phi) is 6.25. The fourth-order valence-electron chi connectivity index (χ4n) is 2.93. The van der Waals surface area contributed by atoms with Gasteiger partial charge < -0.3 is 15.1 Å². The fourth-order valence-corrected chi connectivity index (χ4v) is 2.93. The minimum Gasteiger partial charge on any atom is -0.372 e. The van der Waals surface area contributed by atoms with E-state index in [1.807, 2.05) is 17.0 Å². The zero-order chi connectivity index (χ0) is 15.9. The molecule has 1 aromatic carbocycles. The topological polar surface area (TPSA) is 35.6 Å². The third kappa shape index (κ3) is 4.23. The number of benzene rings is 1. The molecule has 0 aliphatic carbocycles. The number of piperazine rings is 1. The summed E-state index contributed by atoms with van der Waals surface area (Å²) in [6, 6.07) is 8.48. The predicted octanol–water partition coefficient (Wildman–Crippen LogP) is 2.75. The van der Waals surface area contributed by atoms with Gasteiger partial charge in [0.2, 0.25) is 0 Å². The zero-order valence-corrected chi connectivity index (χ0v) is 14.1. The standard InChI is InChI=1S/C18H29N3O/c1-4-6-12-20(5-2)17-9-7-16(8-10-17)18(22)21-13-11-19-15(3)14-21/h7-10,15,19H,4-6,11-14H2,1-3H3. The number of amides is 1. The lowest BCUT2D eigenvalue weighted by atomic mass is 10.1. The van der Waals surface area contributed by atoms with Crippen LogP contribution in [-0.4, -0.2) is 49.6 Å². The number of anilines is 1. The SMILES string of the molecule is CCCCN(CC)c1ccc(C(=O)N2CCNC(C)C2)cc1. The second-order valence-corrected chi connectivity index (χ2v) is 6.09. The van der Waals surface area contributed by atoms with E-state index in [0.717, 1.165) is 38.3 Å². The van der Waals surface area contributed by atoms with E-state index in [4.69, 9.17) is 0 Å². The van der Waals surface area contributed by atoms with Crippen LogP contribution in [0.1, 0.15) is 44.0 Å². The quantitative estimate of drug-likeness (QED) is 0.878. The number of carbonyl (C=O) groups excluding carboxylic acids is 1. The van der Waals surface area contributed by atoms with Crippen LogP contribution in [0.3, 0.4) is 0 Å². The van der Waals surface area contributed by atoms with Crippen molar-refractivity contribution in [1.82, 2.24) is 10.2 Å². The molecule has 1 N–H and O–H groups in total. The maximum atomic E-state index is 12.6. The van der Waals surface area contributed by atoms with Crippen molar-refractivity contribution in [2.75, 3.05) is 37.6 Å². The summed E-state index contributed by atoms with van der Waals surface area (Å²) >= 11 is 0. The molecule has 1 aromatic rings. The van der Waals surface area contributed by atoms with Crippen molar-refractivity contribution in [3.8, 4) is 0 Å². The summed E-state index contributed by atoms with van der Waals surface area (Å²) in [6.07, 6.45) is 2.40. The van der Waals surface area contributed by atoms with E-state index in [1.54, 1.807) is 0 Å². The zero-order valence-electron chi connectivity index (χ0n) is 14.1. The van der Waals surface area contributed by atoms with E-state index in [0.29, 0.717) is 6.04 Å². The summed E-state index contributed by atoms with van der Waals surface area (Å²) in [6.45, 7) is 11.1. The van der Waals surface area contributed by atoms with Crippen LogP contribution in [0.2, 0.25) is 0 Å². The summed E-state index contributed by atoms with van der Waals surface area (Å²) in [4.78, 5) is 16.9. The van der Waals surface area contributed by atoms with E-state index < -0.39 is 0 Å². The lowest BCUT2D eigenvalue weighted by Crippen LogP contribution is -2.51. The number of nitrogens with zero attached hydrogens (tertiary/aromatic N) is 2. The molecule has 4 nitrogen and oxygen atoms in total. The second-order valence-electron chi connectivity index (χ2n) is 6.09. The molecule has 4 heteroatoms. The molecule has 1 amide bonds. The summed E-state index contributed by atoms with van der Waals surface area (Å²) in [5.74, 6) is 0.150. The third-order valence-corrected chi connectivity index (χ3v) is 4.30. The molecular formula is C18H29N3O. The number of unbranched alkanes of at least 4 members (excludes halogenated alkanes) is 1. The van der Waals surface area contributed by atoms with Crippen LogP contribution in [0.4, 0.5) is 5.69 Å². The molecule has 1 unspecified atom stereocenters. The van der Waals surface area contributed by atoms with Crippen molar-refractivity contribution in [3.05, 3.63) is 29.8 Å². The van der Waals surface area contributed by atoms with Crippen LogP contribution < -0.4 is 10.2 Å². The maximum Gasteiger partial charge on any atom is 0.253 e. The molecule has 0 saturated carbocycles. The molecule has 0 bridgehead atoms. The highest BCUT2D eigenvalue weighted by molar-refractivity contribution is 5.94. The van der Waals surface area contributed by atoms with Gasteiger partial charge >= 0.3 is 0 Å². The summed E-state index contributed by atoms with van der Waals surface area (Å²) < 4.78 is 0. The van der Waals surface area contributed by atoms with Gasteiger partial charge in [0.1, 0.15) is 0 Å². The molecule has 122 valence electrons. The van der Waals surface area contributed by atoms with Crippen molar-refractivity contribution in [2.45, 2.75) is 39.7 Å². The smallest absolute Gasteiger partial charge is 0.253 e. The Hall–Kier alpha value is -1.55. The number of hydrogen-bond acceptors (Lipinski definition) is 3. The van der Waals surface area contributed by atoms with Gasteiger partial charge in [-0.3, -0.25) is 4.79 Å². The van der Waals surface area contributed by atoms with Crippen LogP contribution in [0, 0.1) is 0 Å². The van der Waals surface area contributed by atoms with Crippen LogP contribution >= 0.6 is 0 Å². The Labute approximate surface area is 134 Å². The molecule has 2 rings (SSSR count). The largest absolute Gasteiger partial charge is 0.372 e. The van der Waals surface area contributed by atoms with Crippen LogP contribution in [0.25, 0.3) is 0 Å². The third-order valence-electron chi connectivity index (χ3n) is 4.30. The van der Waals surface area contributed by atoms with Gasteiger partial charge in [-0.2, -0.15) is 0 Å². The molecule has 22 heavy (non-hydrogen) atoms. The van der Waals surface area contributed by atoms with Gasteiger partial charge in [-0.15, -0.1) is 0 Å². The highest BCUT2D eigenvalue weighted by atomic mass is 16.2. The Morgan fingerprint density at radius 1 is 1.32 bits per heavy atom. The monoisotopic (exact) mass is 303 g/mol. The molecule has 1 heterocycles. The van der Waals surface area contributed by atoms with Crippen molar-refractivity contribution in [1.29, 1.82) is 0 Å². The Morgan fingerprint density at radius 3 is 2.64 bits per heavy atom. The van der Waals surface area contributed by atoms with Gasteiger partial charge in [-0.25, -0.2) is 0 Å². The van der Waals surface area contributed by atoms with Gasteiger partial charge in [-0.1, -0.05) is 13.3 Å². The van der Waals surface area contributed by atoms with E-state index >= 15 is 0 Å². The van der Waals surface area contributed by atoms with E-state index in [1.165, 1.54) is 18.5 Å². The molecule has 1 atom stereocenters. The summed E-state index contributed by atoms with van der Waals surface area (Å²) in [7, 11) is 0. The van der Waals surface area contributed by atoms with Gasteiger partial charge in [0, 0.05) is 50.0 Å². The van der Waals surface area contributed by atoms with Crippen molar-refractivity contribution >= 4 is 11.6 Å². The first kappa shape index (κ1) is 16.8. The van der Waals surface area contributed by atoms with Crippen LogP contribution in [-0.2, 0) is 0 Å². The molecule has 1 aliphatic heterocycles. The summed E-state index contributed by atoms with van der Waals surface area (Å²) in [5, 5.41) is 3.37. The van der Waals surface area contributed by atoms with Crippen LogP contribution in [0.5, 0.6) is 0 Å². The van der Waals surface area contributed by atoms with Gasteiger partial charge in [0.15, 0.2) is 0 Å². The average molecular weight is 303 g/mol. The highest BCUT2D eigenvalue weighted by Crippen LogP contribution is 2.17. The van der Waals surface area contributed by atoms with E-state index in [-0.39, 0.29) is 5.91 Å². The molecule has 1 saturated heterocycles. The minimum atomic E-state index is 0.150. The minimum absolute atomic E-state index is 0.150. The van der Waals surface area contributed by atoms with E-state index in [9.17, 15) is 4.79 Å². The molecular weight excluding hydrogens is 274 g/mol.